The number of hydrogen-bond acceptors (Lipinski definition) is 4. The summed E-state index contributed by atoms with van der Waals surface area (Å²) < 4.78 is 61.5. The van der Waals surface area contributed by atoms with E-state index in [0.717, 1.165) is 32.7 Å². The van der Waals surface area contributed by atoms with Gasteiger partial charge in [0.25, 0.3) is 0 Å². The van der Waals surface area contributed by atoms with Crippen LogP contribution >= 0.6 is 0 Å². The molecule has 0 saturated heterocycles. The van der Waals surface area contributed by atoms with Crippen molar-refractivity contribution < 1.29 is 16.8 Å². The highest BCUT2D eigenvalue weighted by atomic mass is 32.2. The predicted octanol–water partition coefficient (Wildman–Crippen LogP) is 7.35. The minimum Gasteiger partial charge on any atom is -0.207 e. The molecule has 0 aliphatic heterocycles. The summed E-state index contributed by atoms with van der Waals surface area (Å²) in [6.45, 7) is 3.77. The van der Waals surface area contributed by atoms with Gasteiger partial charge in [-0.25, -0.2) is 26.3 Å². The first kappa shape index (κ1) is 29.7. The zero-order valence-corrected chi connectivity index (χ0v) is 25.9. The zero-order chi connectivity index (χ0) is 30.9. The van der Waals surface area contributed by atoms with Crippen LogP contribution in [0.5, 0.6) is 0 Å². The minimum atomic E-state index is -4.08. The molecule has 0 aliphatic carbocycles. The third-order valence-electron chi connectivity index (χ3n) is 7.83. The Morgan fingerprint density at radius 3 is 1.14 bits per heavy atom. The number of benzene rings is 6. The lowest BCUT2D eigenvalue weighted by molar-refractivity contribution is 0.467. The quantitative estimate of drug-likeness (QED) is 0.177. The molecule has 0 fully saturated rings. The van der Waals surface area contributed by atoms with Gasteiger partial charge in [-0.1, -0.05) is 108 Å². The summed E-state index contributed by atoms with van der Waals surface area (Å²) in [5, 5.41) is 3.78. The average Bonchev–Trinajstić information content (AvgIpc) is 3.02. The third-order valence-corrected chi connectivity index (χ3v) is 10.7. The molecule has 222 valence electrons. The normalized spacial score (nSPS) is 13.6. The lowest BCUT2D eigenvalue weighted by Crippen LogP contribution is -2.40. The molecule has 44 heavy (non-hydrogen) atoms. The van der Waals surface area contributed by atoms with E-state index in [4.69, 9.17) is 0 Å². The molecule has 6 aromatic carbocycles. The third kappa shape index (κ3) is 6.30. The molecule has 0 radical (unpaired) electrons. The van der Waals surface area contributed by atoms with Gasteiger partial charge in [-0.2, -0.15) is 0 Å². The number of rotatable bonds is 9. The van der Waals surface area contributed by atoms with Gasteiger partial charge >= 0.3 is 0 Å². The van der Waals surface area contributed by atoms with Crippen LogP contribution in [0.4, 0.5) is 0 Å². The van der Waals surface area contributed by atoms with Crippen LogP contribution in [0.25, 0.3) is 21.5 Å². The molecule has 2 atom stereocenters. The number of fused-ring (bicyclic) bond motifs is 2. The van der Waals surface area contributed by atoms with E-state index < -0.39 is 32.1 Å². The molecule has 0 bridgehead atoms. The van der Waals surface area contributed by atoms with Crippen LogP contribution < -0.4 is 9.44 Å². The van der Waals surface area contributed by atoms with Gasteiger partial charge in [0.2, 0.25) is 20.0 Å². The topological polar surface area (TPSA) is 92.3 Å². The molecule has 2 unspecified atom stereocenters. The van der Waals surface area contributed by atoms with Crippen molar-refractivity contribution in [1.82, 2.24) is 9.44 Å². The molecule has 0 heterocycles. The second-order valence-electron chi connectivity index (χ2n) is 11.0. The van der Waals surface area contributed by atoms with Crippen LogP contribution in [-0.4, -0.2) is 16.8 Å². The highest BCUT2D eigenvalue weighted by Crippen LogP contribution is 2.35. The van der Waals surface area contributed by atoms with Crippen molar-refractivity contribution in [2.75, 3.05) is 0 Å². The van der Waals surface area contributed by atoms with Crippen LogP contribution in [0.15, 0.2) is 143 Å². The Morgan fingerprint density at radius 2 is 0.773 bits per heavy atom. The van der Waals surface area contributed by atoms with Crippen molar-refractivity contribution in [2.45, 2.75) is 35.7 Å². The van der Waals surface area contributed by atoms with Gasteiger partial charge in [0.05, 0.1) is 21.9 Å². The lowest BCUT2D eigenvalue weighted by atomic mass is 9.92. The molecule has 0 saturated carbocycles. The van der Waals surface area contributed by atoms with Crippen LogP contribution in [0.1, 0.15) is 34.3 Å². The predicted molar refractivity (Wildman–Crippen MR) is 176 cm³/mol. The maximum atomic E-state index is 13.9. The molecule has 0 spiro atoms. The van der Waals surface area contributed by atoms with E-state index >= 15 is 0 Å². The number of aryl methyl sites for hydroxylation is 2. The number of nitrogens with one attached hydrogen (secondary N) is 2. The minimum absolute atomic E-state index is 0.0903. The molecule has 0 amide bonds. The van der Waals surface area contributed by atoms with Gasteiger partial charge in [-0.15, -0.1) is 0 Å². The monoisotopic (exact) mass is 620 g/mol. The van der Waals surface area contributed by atoms with Crippen LogP contribution in [0.3, 0.4) is 0 Å². The second kappa shape index (κ2) is 12.0. The Bertz CT molecular complexity index is 2020. The van der Waals surface area contributed by atoms with Gasteiger partial charge in [-0.05, 0) is 82.9 Å². The molecule has 6 nitrogen and oxygen atoms in total. The molecule has 0 aromatic heterocycles. The first-order valence-corrected chi connectivity index (χ1v) is 17.2. The van der Waals surface area contributed by atoms with Gasteiger partial charge in [-0.3, -0.25) is 0 Å². The standard InChI is InChI=1S/C36H32N2O4S2/c1-25-11-19-33(20-12-25)43(39,40)37-35(31-17-15-27-7-3-5-9-29(27)23-31)36(32-18-16-28-8-4-6-10-30(28)24-32)38-44(41,42)34-21-13-26(2)14-22-34/h3-24,35-38H,1-2H3. The van der Waals surface area contributed by atoms with Gasteiger partial charge in [0.1, 0.15) is 0 Å². The fourth-order valence-electron chi connectivity index (χ4n) is 5.36. The second-order valence-corrected chi connectivity index (χ2v) is 14.5. The Labute approximate surface area is 258 Å². The van der Waals surface area contributed by atoms with Crippen molar-refractivity contribution >= 4 is 41.6 Å². The van der Waals surface area contributed by atoms with E-state index in [1.54, 1.807) is 48.5 Å². The van der Waals surface area contributed by atoms with Gasteiger partial charge in [0.15, 0.2) is 0 Å². The first-order valence-electron chi connectivity index (χ1n) is 14.2. The molecule has 6 aromatic rings. The summed E-state index contributed by atoms with van der Waals surface area (Å²) in [6, 6.07) is 38.1. The molecular weight excluding hydrogens is 589 g/mol. The number of sulfonamides is 2. The van der Waals surface area contributed by atoms with E-state index in [1.807, 2.05) is 98.8 Å². The molecule has 6 rings (SSSR count). The summed E-state index contributed by atoms with van der Waals surface area (Å²) >= 11 is 0. The molecular formula is C36H32N2O4S2. The Morgan fingerprint density at radius 1 is 0.432 bits per heavy atom. The van der Waals surface area contributed by atoms with Crippen molar-refractivity contribution in [1.29, 1.82) is 0 Å². The van der Waals surface area contributed by atoms with E-state index in [1.165, 1.54) is 0 Å². The van der Waals surface area contributed by atoms with Crippen molar-refractivity contribution in [3.05, 3.63) is 156 Å². The van der Waals surface area contributed by atoms with Crippen LogP contribution in [0.2, 0.25) is 0 Å². The zero-order valence-electron chi connectivity index (χ0n) is 24.3. The van der Waals surface area contributed by atoms with E-state index in [-0.39, 0.29) is 9.79 Å². The smallest absolute Gasteiger partial charge is 0.207 e. The summed E-state index contributed by atoms with van der Waals surface area (Å²) in [5.41, 5.74) is 3.08. The maximum Gasteiger partial charge on any atom is 0.241 e. The Hall–Kier alpha value is -4.34. The molecule has 2 N–H and O–H groups in total. The van der Waals surface area contributed by atoms with E-state index in [9.17, 15) is 16.8 Å². The Balaban J connectivity index is 1.54. The summed E-state index contributed by atoms with van der Waals surface area (Å²) in [4.78, 5) is 0.181. The summed E-state index contributed by atoms with van der Waals surface area (Å²) in [6.07, 6.45) is 0. The fourth-order valence-corrected chi connectivity index (χ4v) is 7.84. The van der Waals surface area contributed by atoms with Crippen LogP contribution in [0, 0.1) is 13.8 Å². The van der Waals surface area contributed by atoms with E-state index in [0.29, 0.717) is 11.1 Å². The SMILES string of the molecule is Cc1ccc(S(=O)(=O)NC(c2ccc3ccccc3c2)C(NS(=O)(=O)c2ccc(C)cc2)c2ccc3ccccc3c2)cc1. The highest BCUT2D eigenvalue weighted by molar-refractivity contribution is 7.90. The molecule has 0 aliphatic rings. The summed E-state index contributed by atoms with van der Waals surface area (Å²) in [5.74, 6) is 0. The van der Waals surface area contributed by atoms with Gasteiger partial charge in [0, 0.05) is 0 Å². The largest absolute Gasteiger partial charge is 0.241 e. The van der Waals surface area contributed by atoms with Crippen molar-refractivity contribution in [2.24, 2.45) is 0 Å². The van der Waals surface area contributed by atoms with Crippen molar-refractivity contribution in [3.8, 4) is 0 Å². The van der Waals surface area contributed by atoms with Crippen LogP contribution in [-0.2, 0) is 20.0 Å². The van der Waals surface area contributed by atoms with E-state index in [2.05, 4.69) is 9.44 Å². The average molecular weight is 621 g/mol. The van der Waals surface area contributed by atoms with Crippen molar-refractivity contribution in [3.63, 3.8) is 0 Å². The Kier molecular flexibility index (Phi) is 8.09. The highest BCUT2D eigenvalue weighted by Gasteiger charge is 2.34. The maximum absolute atomic E-state index is 13.9. The van der Waals surface area contributed by atoms with Gasteiger partial charge < -0.3 is 0 Å². The number of hydrogen-bond donors (Lipinski definition) is 2. The summed E-state index contributed by atoms with van der Waals surface area (Å²) in [7, 11) is -8.17. The lowest BCUT2D eigenvalue weighted by Gasteiger charge is -2.30. The first-order chi connectivity index (χ1) is 21.1. The fraction of sp³-hybridized carbons (Fsp3) is 0.111. The molecule has 8 heteroatoms.